The summed E-state index contributed by atoms with van der Waals surface area (Å²) in [7, 11) is 0. The average Bonchev–Trinajstić information content (AvgIpc) is 3.43. The van der Waals surface area contributed by atoms with Crippen molar-refractivity contribution < 1.29 is 18.7 Å². The molecule has 1 fully saturated rings. The Kier molecular flexibility index (Phi) is 4.54. The van der Waals surface area contributed by atoms with E-state index in [4.69, 9.17) is 13.9 Å². The van der Waals surface area contributed by atoms with Gasteiger partial charge in [-0.15, -0.1) is 0 Å². The van der Waals surface area contributed by atoms with Crippen molar-refractivity contribution in [3.8, 4) is 11.5 Å². The fraction of sp³-hybridized carbons (Fsp3) is 0.269. The predicted molar refractivity (Wildman–Crippen MR) is 122 cm³/mol. The summed E-state index contributed by atoms with van der Waals surface area (Å²) in [5.74, 6) is 2.05. The van der Waals surface area contributed by atoms with Gasteiger partial charge < -0.3 is 18.8 Å². The van der Waals surface area contributed by atoms with E-state index in [1.54, 1.807) is 0 Å². The molecule has 0 N–H and O–H groups in total. The molecule has 2 aliphatic rings. The number of rotatable bonds is 3. The van der Waals surface area contributed by atoms with Gasteiger partial charge in [0.25, 0.3) is 5.91 Å². The molecule has 6 nitrogen and oxygen atoms in total. The van der Waals surface area contributed by atoms with Crippen LogP contribution in [0.25, 0.3) is 21.7 Å². The minimum atomic E-state index is -0.0227. The first kappa shape index (κ1) is 19.2. The summed E-state index contributed by atoms with van der Waals surface area (Å²) < 4.78 is 17.0. The molecule has 2 aliphatic heterocycles. The van der Waals surface area contributed by atoms with Crippen LogP contribution in [-0.2, 0) is 6.54 Å². The Balaban J connectivity index is 1.17. The fourth-order valence-electron chi connectivity index (χ4n) is 4.70. The van der Waals surface area contributed by atoms with Crippen LogP contribution in [0.5, 0.6) is 11.5 Å². The van der Waals surface area contributed by atoms with Crippen LogP contribution in [0.15, 0.2) is 59.0 Å². The van der Waals surface area contributed by atoms with Crippen molar-refractivity contribution >= 4 is 27.6 Å². The van der Waals surface area contributed by atoms with Crippen molar-refractivity contribution in [3.63, 3.8) is 0 Å². The smallest absolute Gasteiger partial charge is 0.289 e. The Labute approximate surface area is 185 Å². The first-order valence-electron chi connectivity index (χ1n) is 11.0. The summed E-state index contributed by atoms with van der Waals surface area (Å²) in [4.78, 5) is 17.6. The van der Waals surface area contributed by atoms with Gasteiger partial charge in [-0.25, -0.2) is 0 Å². The molecular formula is C26H24N2O4. The molecule has 0 bridgehead atoms. The number of furan rings is 1. The number of piperazine rings is 1. The molecule has 0 atom stereocenters. The van der Waals surface area contributed by atoms with Gasteiger partial charge in [0.1, 0.15) is 5.58 Å². The van der Waals surface area contributed by atoms with Gasteiger partial charge in [-0.05, 0) is 30.0 Å². The van der Waals surface area contributed by atoms with E-state index in [-0.39, 0.29) is 12.7 Å². The van der Waals surface area contributed by atoms with Crippen LogP contribution < -0.4 is 9.47 Å². The molecule has 0 saturated carbocycles. The van der Waals surface area contributed by atoms with E-state index < -0.39 is 0 Å². The third-order valence-corrected chi connectivity index (χ3v) is 6.53. The Morgan fingerprint density at radius 1 is 0.906 bits per heavy atom. The van der Waals surface area contributed by atoms with Crippen molar-refractivity contribution in [1.29, 1.82) is 0 Å². The lowest BCUT2D eigenvalue weighted by Crippen LogP contribution is -2.48. The third kappa shape index (κ3) is 3.19. The first-order chi connectivity index (χ1) is 15.7. The maximum absolute atomic E-state index is 13.3. The highest BCUT2D eigenvalue weighted by atomic mass is 16.7. The number of nitrogens with zero attached hydrogens (tertiary/aromatic N) is 2. The number of carbonyl (C=O) groups is 1. The van der Waals surface area contributed by atoms with Gasteiger partial charge in [0, 0.05) is 49.1 Å². The predicted octanol–water partition coefficient (Wildman–Crippen LogP) is 4.58. The quantitative estimate of drug-likeness (QED) is 0.478. The van der Waals surface area contributed by atoms with Gasteiger partial charge in [-0.3, -0.25) is 9.69 Å². The molecule has 3 heterocycles. The number of fused-ring (bicyclic) bond motifs is 4. The second kappa shape index (κ2) is 7.57. The van der Waals surface area contributed by atoms with Gasteiger partial charge in [0.2, 0.25) is 6.79 Å². The van der Waals surface area contributed by atoms with Crippen molar-refractivity contribution in [1.82, 2.24) is 9.80 Å². The van der Waals surface area contributed by atoms with E-state index in [9.17, 15) is 4.79 Å². The minimum absolute atomic E-state index is 0.0227. The molecule has 0 aliphatic carbocycles. The molecule has 1 saturated heterocycles. The Hall–Kier alpha value is -3.51. The molecule has 0 unspecified atom stereocenters. The number of hydrogen-bond donors (Lipinski definition) is 0. The lowest BCUT2D eigenvalue weighted by Gasteiger charge is -2.34. The standard InChI is InChI=1S/C26H24N2O4/c1-17-20-8-7-19-4-2-3-5-21(19)25(20)32-24(17)26(29)28-12-10-27(11-13-28)15-18-6-9-22-23(14-18)31-16-30-22/h2-9,14H,10-13,15-16H2,1H3. The van der Waals surface area contributed by atoms with Gasteiger partial charge in [0.15, 0.2) is 17.3 Å². The van der Waals surface area contributed by atoms with E-state index in [2.05, 4.69) is 29.2 Å². The molecule has 0 spiro atoms. The fourth-order valence-corrected chi connectivity index (χ4v) is 4.70. The molecular weight excluding hydrogens is 404 g/mol. The second-order valence-electron chi connectivity index (χ2n) is 8.48. The van der Waals surface area contributed by atoms with Crippen molar-refractivity contribution in [2.45, 2.75) is 13.5 Å². The van der Waals surface area contributed by atoms with E-state index in [1.165, 1.54) is 5.56 Å². The molecule has 1 amide bonds. The van der Waals surface area contributed by atoms with Crippen LogP contribution in [0.1, 0.15) is 21.7 Å². The van der Waals surface area contributed by atoms with E-state index in [0.29, 0.717) is 18.8 Å². The highest BCUT2D eigenvalue weighted by Crippen LogP contribution is 2.34. The summed E-state index contributed by atoms with van der Waals surface area (Å²) in [5, 5.41) is 3.17. The van der Waals surface area contributed by atoms with Crippen molar-refractivity contribution in [2.24, 2.45) is 0 Å². The van der Waals surface area contributed by atoms with Crippen LogP contribution in [0.4, 0.5) is 0 Å². The highest BCUT2D eigenvalue weighted by molar-refractivity contribution is 6.08. The van der Waals surface area contributed by atoms with Gasteiger partial charge in [-0.2, -0.15) is 0 Å². The molecule has 32 heavy (non-hydrogen) atoms. The maximum atomic E-state index is 13.3. The zero-order valence-corrected chi connectivity index (χ0v) is 18.0. The maximum Gasteiger partial charge on any atom is 0.289 e. The molecule has 162 valence electrons. The van der Waals surface area contributed by atoms with Crippen LogP contribution >= 0.6 is 0 Å². The van der Waals surface area contributed by atoms with Crippen LogP contribution in [-0.4, -0.2) is 48.7 Å². The lowest BCUT2D eigenvalue weighted by molar-refractivity contribution is 0.0599. The van der Waals surface area contributed by atoms with Crippen LogP contribution in [0.3, 0.4) is 0 Å². The number of ether oxygens (including phenoxy) is 2. The zero-order chi connectivity index (χ0) is 21.7. The largest absolute Gasteiger partial charge is 0.454 e. The zero-order valence-electron chi connectivity index (χ0n) is 18.0. The van der Waals surface area contributed by atoms with Gasteiger partial charge in [-0.1, -0.05) is 42.5 Å². The number of carbonyl (C=O) groups excluding carboxylic acids is 1. The normalized spacial score (nSPS) is 16.2. The van der Waals surface area contributed by atoms with Crippen molar-refractivity contribution in [3.05, 3.63) is 71.5 Å². The van der Waals surface area contributed by atoms with Gasteiger partial charge in [0.05, 0.1) is 0 Å². The molecule has 6 heteroatoms. The SMILES string of the molecule is Cc1c(C(=O)N2CCN(Cc3ccc4c(c3)OCO4)CC2)oc2c1ccc1ccccc12. The third-order valence-electron chi connectivity index (χ3n) is 6.53. The Morgan fingerprint density at radius 2 is 1.72 bits per heavy atom. The Morgan fingerprint density at radius 3 is 2.59 bits per heavy atom. The summed E-state index contributed by atoms with van der Waals surface area (Å²) in [6, 6.07) is 18.3. The van der Waals surface area contributed by atoms with E-state index in [0.717, 1.165) is 58.4 Å². The number of hydrogen-bond acceptors (Lipinski definition) is 5. The molecule has 3 aromatic carbocycles. The summed E-state index contributed by atoms with van der Waals surface area (Å²) in [6.45, 7) is 6.10. The van der Waals surface area contributed by atoms with E-state index >= 15 is 0 Å². The lowest BCUT2D eigenvalue weighted by atomic mass is 10.1. The van der Waals surface area contributed by atoms with Crippen molar-refractivity contribution in [2.75, 3.05) is 33.0 Å². The highest BCUT2D eigenvalue weighted by Gasteiger charge is 2.27. The van der Waals surface area contributed by atoms with E-state index in [1.807, 2.05) is 42.2 Å². The summed E-state index contributed by atoms with van der Waals surface area (Å²) >= 11 is 0. The number of amides is 1. The second-order valence-corrected chi connectivity index (χ2v) is 8.48. The number of aryl methyl sites for hydroxylation is 1. The van der Waals surface area contributed by atoms with Gasteiger partial charge >= 0.3 is 0 Å². The number of benzene rings is 3. The average molecular weight is 428 g/mol. The summed E-state index contributed by atoms with van der Waals surface area (Å²) in [6.07, 6.45) is 0. The molecule has 1 aromatic heterocycles. The monoisotopic (exact) mass is 428 g/mol. The molecule has 6 rings (SSSR count). The molecule has 0 radical (unpaired) electrons. The topological polar surface area (TPSA) is 55.2 Å². The van der Waals surface area contributed by atoms with Crippen LogP contribution in [0.2, 0.25) is 0 Å². The first-order valence-corrected chi connectivity index (χ1v) is 11.0. The van der Waals surface area contributed by atoms with Crippen LogP contribution in [0, 0.1) is 6.92 Å². The summed E-state index contributed by atoms with van der Waals surface area (Å²) in [5.41, 5.74) is 2.90. The Bertz CT molecular complexity index is 1330. The minimum Gasteiger partial charge on any atom is -0.454 e. The molecule has 4 aromatic rings.